The smallest absolute Gasteiger partial charge is 0.0759 e. The Morgan fingerprint density at radius 1 is 0.885 bits per heavy atom. The summed E-state index contributed by atoms with van der Waals surface area (Å²) in [5.74, 6) is 0. The lowest BCUT2D eigenvalue weighted by Crippen LogP contribution is -2.29. The van der Waals surface area contributed by atoms with Gasteiger partial charge in [-0.25, -0.2) is 0 Å². The van der Waals surface area contributed by atoms with Crippen molar-refractivity contribution in [1.29, 1.82) is 0 Å². The van der Waals surface area contributed by atoms with Crippen molar-refractivity contribution in [3.8, 4) is 0 Å². The van der Waals surface area contributed by atoms with Crippen molar-refractivity contribution >= 4 is 0 Å². The molecule has 2 heterocycles. The van der Waals surface area contributed by atoms with E-state index in [4.69, 9.17) is 0 Å². The first-order valence-corrected chi connectivity index (χ1v) is 9.78. The minimum absolute atomic E-state index is 0.319. The minimum atomic E-state index is 0.319. The standard InChI is InChI=1S/C24H28N2/c1-3-20-11-13-22(14-12-20)24-23-6-4-15-25(23)16-5-17-26(24)18-21-9-7-19(2)8-10-21/h4,6-15,24H,3,5,16-18H2,1-2H3. The third-order valence-electron chi connectivity index (χ3n) is 5.56. The molecule has 26 heavy (non-hydrogen) atoms. The second-order valence-electron chi connectivity index (χ2n) is 7.43. The molecule has 1 aliphatic heterocycles. The van der Waals surface area contributed by atoms with Gasteiger partial charge in [0.05, 0.1) is 6.04 Å². The molecule has 1 aromatic heterocycles. The Balaban J connectivity index is 1.71. The van der Waals surface area contributed by atoms with Crippen LogP contribution in [-0.2, 0) is 19.5 Å². The lowest BCUT2D eigenvalue weighted by atomic mass is 9.99. The maximum absolute atomic E-state index is 2.64. The number of aryl methyl sites for hydroxylation is 3. The normalized spacial score (nSPS) is 17.7. The Bertz CT molecular complexity index is 843. The van der Waals surface area contributed by atoms with Crippen LogP contribution in [0.1, 0.15) is 47.3 Å². The summed E-state index contributed by atoms with van der Waals surface area (Å²) in [6.45, 7) is 7.59. The predicted molar refractivity (Wildman–Crippen MR) is 108 cm³/mol. The summed E-state index contributed by atoms with van der Waals surface area (Å²) in [4.78, 5) is 2.64. The Kier molecular flexibility index (Phi) is 4.94. The zero-order valence-electron chi connectivity index (χ0n) is 15.9. The van der Waals surface area contributed by atoms with Crippen LogP contribution in [0.4, 0.5) is 0 Å². The van der Waals surface area contributed by atoms with E-state index in [9.17, 15) is 0 Å². The summed E-state index contributed by atoms with van der Waals surface area (Å²) in [6.07, 6.45) is 4.52. The lowest BCUT2D eigenvalue weighted by Gasteiger charge is -2.31. The van der Waals surface area contributed by atoms with E-state index in [1.807, 2.05) is 0 Å². The fourth-order valence-corrected chi connectivity index (χ4v) is 4.06. The number of hydrogen-bond acceptors (Lipinski definition) is 1. The average molecular weight is 345 g/mol. The van der Waals surface area contributed by atoms with Gasteiger partial charge in [-0.2, -0.15) is 0 Å². The first kappa shape index (κ1) is 17.1. The maximum atomic E-state index is 2.64. The van der Waals surface area contributed by atoms with E-state index in [1.54, 1.807) is 0 Å². The van der Waals surface area contributed by atoms with Gasteiger partial charge in [0, 0.05) is 31.5 Å². The maximum Gasteiger partial charge on any atom is 0.0759 e. The van der Waals surface area contributed by atoms with Gasteiger partial charge in [0.1, 0.15) is 0 Å². The molecule has 0 radical (unpaired) electrons. The molecule has 2 nitrogen and oxygen atoms in total. The quantitative estimate of drug-likeness (QED) is 0.619. The van der Waals surface area contributed by atoms with E-state index in [0.717, 1.165) is 26.1 Å². The van der Waals surface area contributed by atoms with Crippen LogP contribution in [0, 0.1) is 6.92 Å². The van der Waals surface area contributed by atoms with Gasteiger partial charge in [-0.3, -0.25) is 4.90 Å². The Labute approximate surface area is 157 Å². The van der Waals surface area contributed by atoms with Crippen molar-refractivity contribution in [3.05, 3.63) is 94.8 Å². The zero-order valence-corrected chi connectivity index (χ0v) is 15.9. The third kappa shape index (κ3) is 3.47. The average Bonchev–Trinajstić information content (AvgIpc) is 3.05. The number of hydrogen-bond donors (Lipinski definition) is 0. The first-order chi connectivity index (χ1) is 12.7. The fourth-order valence-electron chi connectivity index (χ4n) is 4.06. The lowest BCUT2D eigenvalue weighted by molar-refractivity contribution is 0.220. The van der Waals surface area contributed by atoms with Crippen LogP contribution in [0.2, 0.25) is 0 Å². The van der Waals surface area contributed by atoms with Gasteiger partial charge in [-0.1, -0.05) is 61.0 Å². The van der Waals surface area contributed by atoms with Gasteiger partial charge >= 0.3 is 0 Å². The SMILES string of the molecule is CCc1ccc(C2c3cccn3CCCN2Cc2ccc(C)cc2)cc1. The molecule has 0 saturated heterocycles. The van der Waals surface area contributed by atoms with Crippen LogP contribution in [0.3, 0.4) is 0 Å². The van der Waals surface area contributed by atoms with Gasteiger partial charge in [-0.05, 0) is 48.6 Å². The monoisotopic (exact) mass is 344 g/mol. The summed E-state index contributed by atoms with van der Waals surface area (Å²) >= 11 is 0. The summed E-state index contributed by atoms with van der Waals surface area (Å²) in [5, 5.41) is 0. The summed E-state index contributed by atoms with van der Waals surface area (Å²) in [6, 6.07) is 23.0. The summed E-state index contributed by atoms with van der Waals surface area (Å²) < 4.78 is 2.44. The van der Waals surface area contributed by atoms with Crippen LogP contribution in [0.25, 0.3) is 0 Å². The van der Waals surface area contributed by atoms with E-state index < -0.39 is 0 Å². The van der Waals surface area contributed by atoms with E-state index in [-0.39, 0.29) is 0 Å². The Morgan fingerprint density at radius 3 is 2.35 bits per heavy atom. The molecule has 0 aliphatic carbocycles. The molecule has 0 saturated carbocycles. The van der Waals surface area contributed by atoms with Gasteiger partial charge in [0.25, 0.3) is 0 Å². The first-order valence-electron chi connectivity index (χ1n) is 9.78. The molecule has 2 heteroatoms. The van der Waals surface area contributed by atoms with Crippen LogP contribution in [-0.4, -0.2) is 16.0 Å². The van der Waals surface area contributed by atoms with Gasteiger partial charge in [-0.15, -0.1) is 0 Å². The number of aromatic nitrogens is 1. The van der Waals surface area contributed by atoms with Crippen molar-refractivity contribution in [3.63, 3.8) is 0 Å². The fraction of sp³-hybridized carbons (Fsp3) is 0.333. The van der Waals surface area contributed by atoms with Gasteiger partial charge in [0.15, 0.2) is 0 Å². The summed E-state index contributed by atoms with van der Waals surface area (Å²) in [7, 11) is 0. The molecule has 1 atom stereocenters. The van der Waals surface area contributed by atoms with Crippen molar-refractivity contribution in [2.24, 2.45) is 0 Å². The van der Waals surface area contributed by atoms with E-state index >= 15 is 0 Å². The minimum Gasteiger partial charge on any atom is -0.350 e. The Hall–Kier alpha value is -2.32. The second-order valence-corrected chi connectivity index (χ2v) is 7.43. The molecule has 0 fully saturated rings. The van der Waals surface area contributed by atoms with Crippen molar-refractivity contribution in [1.82, 2.24) is 9.47 Å². The largest absolute Gasteiger partial charge is 0.350 e. The topological polar surface area (TPSA) is 8.17 Å². The van der Waals surface area contributed by atoms with Crippen LogP contribution < -0.4 is 0 Å². The molecular formula is C24H28N2. The number of fused-ring (bicyclic) bond motifs is 1. The van der Waals surface area contributed by atoms with Gasteiger partial charge in [0.2, 0.25) is 0 Å². The van der Waals surface area contributed by atoms with Gasteiger partial charge < -0.3 is 4.57 Å². The number of rotatable bonds is 4. The molecule has 134 valence electrons. The Morgan fingerprint density at radius 2 is 1.62 bits per heavy atom. The van der Waals surface area contributed by atoms with Crippen molar-refractivity contribution < 1.29 is 0 Å². The van der Waals surface area contributed by atoms with E-state index in [0.29, 0.717) is 6.04 Å². The second kappa shape index (κ2) is 7.51. The third-order valence-corrected chi connectivity index (χ3v) is 5.56. The molecule has 1 aliphatic rings. The molecule has 1 unspecified atom stereocenters. The highest BCUT2D eigenvalue weighted by atomic mass is 15.2. The molecule has 0 bridgehead atoms. The van der Waals surface area contributed by atoms with Crippen molar-refractivity contribution in [2.45, 2.75) is 45.8 Å². The molecule has 4 rings (SSSR count). The number of benzene rings is 2. The van der Waals surface area contributed by atoms with Crippen LogP contribution in [0.5, 0.6) is 0 Å². The van der Waals surface area contributed by atoms with Crippen molar-refractivity contribution in [2.75, 3.05) is 6.54 Å². The number of nitrogens with zero attached hydrogens (tertiary/aromatic N) is 2. The molecule has 0 spiro atoms. The van der Waals surface area contributed by atoms with Crippen LogP contribution in [0.15, 0.2) is 66.9 Å². The molecule has 0 amide bonds. The highest BCUT2D eigenvalue weighted by Gasteiger charge is 2.27. The molecule has 3 aromatic rings. The predicted octanol–water partition coefficient (Wildman–Crippen LogP) is 5.35. The summed E-state index contributed by atoms with van der Waals surface area (Å²) in [5.41, 5.74) is 6.94. The zero-order chi connectivity index (χ0) is 17.9. The molecule has 0 N–H and O–H groups in total. The van der Waals surface area contributed by atoms with E-state index in [2.05, 4.69) is 90.2 Å². The highest BCUT2D eigenvalue weighted by Crippen LogP contribution is 2.33. The molecule has 2 aromatic carbocycles. The molecular weight excluding hydrogens is 316 g/mol. The highest BCUT2D eigenvalue weighted by molar-refractivity contribution is 5.33. The van der Waals surface area contributed by atoms with E-state index in [1.165, 1.54) is 34.4 Å². The van der Waals surface area contributed by atoms with Crippen LogP contribution >= 0.6 is 0 Å².